The van der Waals surface area contributed by atoms with Crippen molar-refractivity contribution < 1.29 is 28.1 Å². The monoisotopic (exact) mass is 623 g/mol. The van der Waals surface area contributed by atoms with Crippen molar-refractivity contribution in [3.05, 3.63) is 47.7 Å². The molecule has 9 nitrogen and oxygen atoms in total. The van der Waals surface area contributed by atoms with E-state index in [9.17, 15) is 5.11 Å². The second kappa shape index (κ2) is 12.1. The number of thioether (sulfide) groups is 1. The Morgan fingerprint density at radius 2 is 1.95 bits per heavy atom. The van der Waals surface area contributed by atoms with Crippen molar-refractivity contribution in [1.29, 1.82) is 0 Å². The lowest BCUT2D eigenvalue weighted by Gasteiger charge is -2.29. The van der Waals surface area contributed by atoms with Gasteiger partial charge in [0.25, 0.3) is 0 Å². The SMILES string of the molecule is CCSc1nc(N2CCOCC(C)(O)C2)c2c(n1)c(F)c(-c1cc(OCOC)cc3ccc(F)c(CC)c13)c1nn(C)cc12. The van der Waals surface area contributed by atoms with Crippen LogP contribution in [0.4, 0.5) is 14.6 Å². The number of aryl methyl sites for hydroxylation is 2. The fraction of sp³-hybridized carbons (Fsp3) is 0.406. The topological polar surface area (TPSA) is 94.8 Å². The van der Waals surface area contributed by atoms with Crippen molar-refractivity contribution in [2.24, 2.45) is 7.05 Å². The first kappa shape index (κ1) is 30.4. The van der Waals surface area contributed by atoms with Gasteiger partial charge in [0.05, 0.1) is 25.1 Å². The number of rotatable bonds is 8. The Hall–Kier alpha value is -3.58. The van der Waals surface area contributed by atoms with Gasteiger partial charge < -0.3 is 24.2 Å². The molecule has 2 aromatic heterocycles. The quantitative estimate of drug-likeness (QED) is 0.130. The minimum absolute atomic E-state index is 0.0104. The molecule has 3 aromatic carbocycles. The molecule has 0 amide bonds. The lowest BCUT2D eigenvalue weighted by atomic mass is 9.90. The molecule has 1 aliphatic heterocycles. The fourth-order valence-corrected chi connectivity index (χ4v) is 6.57. The Labute approximate surface area is 258 Å². The van der Waals surface area contributed by atoms with Crippen LogP contribution in [0, 0.1) is 11.6 Å². The third kappa shape index (κ3) is 5.44. The van der Waals surface area contributed by atoms with Crippen molar-refractivity contribution in [1.82, 2.24) is 19.7 Å². The van der Waals surface area contributed by atoms with Gasteiger partial charge in [0.15, 0.2) is 17.8 Å². The van der Waals surface area contributed by atoms with E-state index in [2.05, 4.69) is 0 Å². The maximum atomic E-state index is 17.3. The molecule has 0 bridgehead atoms. The second-order valence-corrected chi connectivity index (χ2v) is 12.4. The average molecular weight is 624 g/mol. The minimum atomic E-state index is -1.14. The average Bonchev–Trinajstić information content (AvgIpc) is 3.27. The molecule has 0 radical (unpaired) electrons. The molecule has 1 aliphatic rings. The summed E-state index contributed by atoms with van der Waals surface area (Å²) in [6.45, 7) is 6.79. The molecule has 44 heavy (non-hydrogen) atoms. The largest absolute Gasteiger partial charge is 0.468 e. The highest BCUT2D eigenvalue weighted by atomic mass is 32.2. The van der Waals surface area contributed by atoms with Gasteiger partial charge in [-0.1, -0.05) is 31.7 Å². The molecule has 1 atom stereocenters. The van der Waals surface area contributed by atoms with Crippen molar-refractivity contribution in [2.75, 3.05) is 50.9 Å². The fourth-order valence-electron chi connectivity index (χ4n) is 6.01. The summed E-state index contributed by atoms with van der Waals surface area (Å²) in [6, 6.07) is 6.61. The zero-order chi connectivity index (χ0) is 31.2. The summed E-state index contributed by atoms with van der Waals surface area (Å²) >= 11 is 1.40. The molecular formula is C32H35F2N5O4S. The van der Waals surface area contributed by atoms with E-state index >= 15 is 8.78 Å². The Morgan fingerprint density at radius 1 is 1.14 bits per heavy atom. The highest BCUT2D eigenvalue weighted by Crippen LogP contribution is 2.45. The second-order valence-electron chi connectivity index (χ2n) is 11.2. The molecule has 1 unspecified atom stereocenters. The molecule has 1 N–H and O–H groups in total. The summed E-state index contributed by atoms with van der Waals surface area (Å²) in [5.41, 5.74) is 0.482. The number of methoxy groups -OCH3 is 1. The molecule has 6 rings (SSSR count). The number of β-amino-alcohol motifs (C(OH)–C–C–N with tert-alkyl or cyclic N) is 1. The van der Waals surface area contributed by atoms with Crippen LogP contribution in [-0.4, -0.2) is 76.4 Å². The number of benzene rings is 3. The van der Waals surface area contributed by atoms with Gasteiger partial charge in [-0.15, -0.1) is 0 Å². The van der Waals surface area contributed by atoms with Crippen LogP contribution in [0.1, 0.15) is 26.3 Å². The summed E-state index contributed by atoms with van der Waals surface area (Å²) in [5, 5.41) is 18.6. The number of hydrogen-bond acceptors (Lipinski definition) is 9. The van der Waals surface area contributed by atoms with Gasteiger partial charge in [0, 0.05) is 37.8 Å². The summed E-state index contributed by atoms with van der Waals surface area (Å²) in [7, 11) is 3.29. The Kier molecular flexibility index (Phi) is 8.35. The van der Waals surface area contributed by atoms with Crippen LogP contribution in [0.2, 0.25) is 0 Å². The van der Waals surface area contributed by atoms with Crippen LogP contribution in [-0.2, 0) is 22.9 Å². The van der Waals surface area contributed by atoms with Crippen LogP contribution in [0.5, 0.6) is 5.75 Å². The van der Waals surface area contributed by atoms with Crippen molar-refractivity contribution in [3.8, 4) is 16.9 Å². The molecule has 1 saturated heterocycles. The number of anilines is 1. The van der Waals surface area contributed by atoms with Crippen LogP contribution in [0.3, 0.4) is 0 Å². The summed E-state index contributed by atoms with van der Waals surface area (Å²) < 4.78 is 50.8. The molecule has 5 aromatic rings. The molecule has 0 saturated carbocycles. The molecule has 0 aliphatic carbocycles. The molecular weight excluding hydrogens is 588 g/mol. The van der Waals surface area contributed by atoms with Gasteiger partial charge >= 0.3 is 0 Å². The van der Waals surface area contributed by atoms with Crippen molar-refractivity contribution in [2.45, 2.75) is 37.9 Å². The van der Waals surface area contributed by atoms with E-state index in [0.29, 0.717) is 80.2 Å². The summed E-state index contributed by atoms with van der Waals surface area (Å²) in [4.78, 5) is 11.5. The van der Waals surface area contributed by atoms with E-state index in [0.717, 1.165) is 0 Å². The minimum Gasteiger partial charge on any atom is -0.468 e. The number of ether oxygens (including phenoxy) is 3. The third-order valence-electron chi connectivity index (χ3n) is 7.76. The third-order valence-corrected chi connectivity index (χ3v) is 8.49. The van der Waals surface area contributed by atoms with Crippen LogP contribution in [0.15, 0.2) is 35.6 Å². The van der Waals surface area contributed by atoms with Crippen LogP contribution in [0.25, 0.3) is 43.7 Å². The summed E-state index contributed by atoms with van der Waals surface area (Å²) in [5.74, 6) is 0.665. The van der Waals surface area contributed by atoms with E-state index in [-0.39, 0.29) is 36.8 Å². The van der Waals surface area contributed by atoms with Gasteiger partial charge in [-0.25, -0.2) is 18.7 Å². The van der Waals surface area contributed by atoms with Crippen LogP contribution < -0.4 is 9.64 Å². The Bertz CT molecular complexity index is 1880. The van der Waals surface area contributed by atoms with Gasteiger partial charge in [0.1, 0.15) is 34.0 Å². The molecule has 232 valence electrons. The smallest absolute Gasteiger partial charge is 0.190 e. The number of fused-ring (bicyclic) bond motifs is 4. The maximum absolute atomic E-state index is 17.3. The van der Waals surface area contributed by atoms with Gasteiger partial charge in [-0.05, 0) is 59.2 Å². The number of aliphatic hydroxyl groups is 1. The molecule has 0 spiro atoms. The molecule has 1 fully saturated rings. The van der Waals surface area contributed by atoms with E-state index in [1.54, 1.807) is 36.9 Å². The number of aromatic nitrogens is 4. The molecule has 3 heterocycles. The van der Waals surface area contributed by atoms with Crippen LogP contribution >= 0.6 is 11.8 Å². The first-order valence-electron chi connectivity index (χ1n) is 14.6. The number of halogens is 2. The van der Waals surface area contributed by atoms with Gasteiger partial charge in [-0.3, -0.25) is 4.68 Å². The predicted octanol–water partition coefficient (Wildman–Crippen LogP) is 5.86. The Morgan fingerprint density at radius 3 is 2.70 bits per heavy atom. The van der Waals surface area contributed by atoms with E-state index < -0.39 is 11.4 Å². The maximum Gasteiger partial charge on any atom is 0.190 e. The predicted molar refractivity (Wildman–Crippen MR) is 169 cm³/mol. The Balaban J connectivity index is 1.74. The highest BCUT2D eigenvalue weighted by molar-refractivity contribution is 7.99. The zero-order valence-electron chi connectivity index (χ0n) is 25.4. The van der Waals surface area contributed by atoms with Crippen molar-refractivity contribution in [3.63, 3.8) is 0 Å². The van der Waals surface area contributed by atoms with Crippen molar-refractivity contribution >= 4 is 50.2 Å². The zero-order valence-corrected chi connectivity index (χ0v) is 26.2. The highest BCUT2D eigenvalue weighted by Gasteiger charge is 2.32. The van der Waals surface area contributed by atoms with Gasteiger partial charge in [-0.2, -0.15) is 5.10 Å². The normalized spacial score (nSPS) is 17.6. The van der Waals surface area contributed by atoms with E-state index in [1.165, 1.54) is 24.9 Å². The standard InChI is InChI=1S/C32H35F2N5O4S/c1-6-20-23(33)9-8-18-12-19(43-17-41-5)13-21(24(18)20)25-27(34)29-26(22-14-38(4)37-28(22)25)30(36-31(35-29)44-7-2)39-10-11-42-16-32(3,40)15-39/h8-9,12-14,40H,6-7,10-11,15-17H2,1-5H3. The number of nitrogens with zero attached hydrogens (tertiary/aromatic N) is 5. The first-order chi connectivity index (χ1) is 21.2. The molecule has 12 heteroatoms. The number of hydrogen-bond donors (Lipinski definition) is 1. The van der Waals surface area contributed by atoms with E-state index in [4.69, 9.17) is 29.3 Å². The first-order valence-corrected chi connectivity index (χ1v) is 15.6. The van der Waals surface area contributed by atoms with Gasteiger partial charge in [0.2, 0.25) is 0 Å². The summed E-state index contributed by atoms with van der Waals surface area (Å²) in [6.07, 6.45) is 2.22. The lowest BCUT2D eigenvalue weighted by Crippen LogP contribution is -2.42. The lowest BCUT2D eigenvalue weighted by molar-refractivity contribution is -0.0123. The van der Waals surface area contributed by atoms with E-state index in [1.807, 2.05) is 24.9 Å².